The molecule has 3 aliphatic heterocycles. The lowest BCUT2D eigenvalue weighted by Crippen LogP contribution is -2.75. The molecule has 262 valence electrons. The predicted octanol–water partition coefficient (Wildman–Crippen LogP) is 4.72. The molecule has 0 bridgehead atoms. The summed E-state index contributed by atoms with van der Waals surface area (Å²) >= 11 is 0. The van der Waals surface area contributed by atoms with Crippen LogP contribution < -0.4 is 20.1 Å². The quantitative estimate of drug-likeness (QED) is 0.281. The van der Waals surface area contributed by atoms with E-state index in [1.165, 1.54) is 0 Å². The molecule has 3 fully saturated rings. The van der Waals surface area contributed by atoms with Crippen molar-refractivity contribution in [1.82, 2.24) is 15.1 Å². The highest BCUT2D eigenvalue weighted by atomic mass is 16.5. The summed E-state index contributed by atoms with van der Waals surface area (Å²) in [6.07, 6.45) is 3.71. The molecule has 5 rings (SSSR count). The maximum atomic E-state index is 13.9. The number of aliphatic hydroxyl groups excluding tert-OH is 1. The number of carbonyl (C=O) groups is 3. The summed E-state index contributed by atoms with van der Waals surface area (Å²) in [5, 5.41) is 17.0. The lowest BCUT2D eigenvalue weighted by Gasteiger charge is -2.52. The molecule has 11 nitrogen and oxygen atoms in total. The lowest BCUT2D eigenvalue weighted by atomic mass is 9.79. The maximum Gasteiger partial charge on any atom is 0.248 e. The van der Waals surface area contributed by atoms with E-state index in [0.717, 1.165) is 18.4 Å². The zero-order valence-corrected chi connectivity index (χ0v) is 28.8. The van der Waals surface area contributed by atoms with Gasteiger partial charge in [-0.05, 0) is 73.8 Å². The summed E-state index contributed by atoms with van der Waals surface area (Å²) in [5.41, 5.74) is 0.873. The van der Waals surface area contributed by atoms with Crippen molar-refractivity contribution in [3.8, 4) is 17.2 Å². The van der Waals surface area contributed by atoms with E-state index in [0.29, 0.717) is 94.4 Å². The average molecular weight is 665 g/mol. The summed E-state index contributed by atoms with van der Waals surface area (Å²) in [6.45, 7) is 9.78. The maximum absolute atomic E-state index is 13.9. The molecule has 3 saturated heterocycles. The number of methoxy groups -OCH3 is 1. The zero-order valence-electron chi connectivity index (χ0n) is 28.8. The second-order valence-corrected chi connectivity index (χ2v) is 13.8. The number of piperidine rings is 1. The van der Waals surface area contributed by atoms with Gasteiger partial charge in [-0.3, -0.25) is 19.3 Å². The normalized spacial score (nSPS) is 20.9. The Bertz CT molecular complexity index is 1400. The Morgan fingerprint density at radius 3 is 2.44 bits per heavy atom. The van der Waals surface area contributed by atoms with E-state index in [1.807, 2.05) is 38.1 Å². The van der Waals surface area contributed by atoms with Crippen LogP contribution in [-0.4, -0.2) is 90.3 Å². The van der Waals surface area contributed by atoms with Crippen LogP contribution in [0.1, 0.15) is 71.3 Å². The summed E-state index contributed by atoms with van der Waals surface area (Å²) in [7, 11) is 1.57. The van der Waals surface area contributed by atoms with Crippen LogP contribution in [0.15, 0.2) is 42.5 Å². The molecule has 2 aromatic carbocycles. The smallest absolute Gasteiger partial charge is 0.248 e. The number of ether oxygens (including phenoxy) is 3. The Morgan fingerprint density at radius 2 is 1.79 bits per heavy atom. The molecule has 2 atom stereocenters. The van der Waals surface area contributed by atoms with Gasteiger partial charge in [0.15, 0.2) is 11.5 Å². The molecule has 0 unspecified atom stereocenters. The number of hydrogen-bond donors (Lipinski definition) is 3. The van der Waals surface area contributed by atoms with Crippen molar-refractivity contribution in [2.75, 3.05) is 45.3 Å². The molecule has 11 heteroatoms. The number of hydrogen-bond acceptors (Lipinski definition) is 8. The summed E-state index contributed by atoms with van der Waals surface area (Å²) in [4.78, 5) is 44.0. The number of benzene rings is 2. The summed E-state index contributed by atoms with van der Waals surface area (Å²) < 4.78 is 17.1. The number of rotatable bonds is 13. The first-order valence-electron chi connectivity index (χ1n) is 17.5. The van der Waals surface area contributed by atoms with Gasteiger partial charge in [-0.2, -0.15) is 0 Å². The van der Waals surface area contributed by atoms with Gasteiger partial charge in [-0.15, -0.1) is 0 Å². The highest BCUT2D eigenvalue weighted by Gasteiger charge is 2.55. The predicted molar refractivity (Wildman–Crippen MR) is 183 cm³/mol. The largest absolute Gasteiger partial charge is 0.493 e. The molecule has 0 radical (unpaired) electrons. The highest BCUT2D eigenvalue weighted by Crippen LogP contribution is 2.37. The number of likely N-dealkylation sites (tertiary alicyclic amines) is 1. The van der Waals surface area contributed by atoms with Crippen molar-refractivity contribution in [3.63, 3.8) is 0 Å². The van der Waals surface area contributed by atoms with Gasteiger partial charge in [0.2, 0.25) is 17.7 Å². The third-order valence-corrected chi connectivity index (χ3v) is 9.87. The van der Waals surface area contributed by atoms with Gasteiger partial charge in [-0.1, -0.05) is 39.3 Å². The van der Waals surface area contributed by atoms with Crippen molar-refractivity contribution in [2.24, 2.45) is 11.8 Å². The molecule has 3 aliphatic rings. The van der Waals surface area contributed by atoms with Crippen molar-refractivity contribution in [3.05, 3.63) is 48.0 Å². The standard InChI is InChI=1S/C37H52N4O7/c1-5-6-17-41-35(44)33(34(43)27-13-20-47-21-14-27)39-36(45)37(41)15-18-40(19-16-37)24-26-7-10-29(11-8-26)48-30-12-9-28(23-31(30)46-4)38-32(42)22-25(2)3/h7-12,23,25,27,33-34,43H,5-6,13-22,24H2,1-4H3,(H,38,42)(H,39,45)/t33-,34-/m1/s1. The van der Waals surface area contributed by atoms with Crippen LogP contribution in [0.4, 0.5) is 5.69 Å². The van der Waals surface area contributed by atoms with Crippen LogP contribution in [0.3, 0.4) is 0 Å². The summed E-state index contributed by atoms with van der Waals surface area (Å²) in [6, 6.07) is 12.3. The number of unbranched alkanes of at least 4 members (excludes halogenated alkanes) is 1. The van der Waals surface area contributed by atoms with E-state index in [9.17, 15) is 19.5 Å². The third kappa shape index (κ3) is 8.30. The Kier molecular flexibility index (Phi) is 12.0. The molecule has 48 heavy (non-hydrogen) atoms. The topological polar surface area (TPSA) is 130 Å². The van der Waals surface area contributed by atoms with E-state index >= 15 is 0 Å². The van der Waals surface area contributed by atoms with Crippen LogP contribution in [-0.2, 0) is 25.7 Å². The van der Waals surface area contributed by atoms with E-state index in [4.69, 9.17) is 14.2 Å². The molecule has 3 heterocycles. The first-order chi connectivity index (χ1) is 23.1. The highest BCUT2D eigenvalue weighted by molar-refractivity contribution is 6.00. The molecule has 3 N–H and O–H groups in total. The Morgan fingerprint density at radius 1 is 1.08 bits per heavy atom. The van der Waals surface area contributed by atoms with Crippen molar-refractivity contribution >= 4 is 23.4 Å². The zero-order chi connectivity index (χ0) is 34.3. The number of nitrogens with zero attached hydrogens (tertiary/aromatic N) is 2. The number of piperazine rings is 1. The minimum absolute atomic E-state index is 0.0425. The number of aliphatic hydroxyl groups is 1. The van der Waals surface area contributed by atoms with Crippen LogP contribution in [0.25, 0.3) is 0 Å². The first-order valence-corrected chi connectivity index (χ1v) is 17.5. The van der Waals surface area contributed by atoms with Gasteiger partial charge in [0.05, 0.1) is 13.2 Å². The molecule has 2 aromatic rings. The van der Waals surface area contributed by atoms with Crippen LogP contribution >= 0.6 is 0 Å². The van der Waals surface area contributed by atoms with Gasteiger partial charge in [-0.25, -0.2) is 0 Å². The molecule has 3 amide bonds. The van der Waals surface area contributed by atoms with Gasteiger partial charge < -0.3 is 34.9 Å². The number of amides is 3. The van der Waals surface area contributed by atoms with Crippen LogP contribution in [0.2, 0.25) is 0 Å². The van der Waals surface area contributed by atoms with Gasteiger partial charge in [0.25, 0.3) is 0 Å². The van der Waals surface area contributed by atoms with Crippen molar-refractivity contribution < 1.29 is 33.7 Å². The fourth-order valence-corrected chi connectivity index (χ4v) is 7.08. The lowest BCUT2D eigenvalue weighted by molar-refractivity contribution is -0.166. The molecular weight excluding hydrogens is 612 g/mol. The summed E-state index contributed by atoms with van der Waals surface area (Å²) in [5.74, 6) is 1.59. The van der Waals surface area contributed by atoms with E-state index in [2.05, 4.69) is 22.5 Å². The SMILES string of the molecule is CCCCN1C(=O)[C@@H]([C@H](O)C2CCOCC2)NC(=O)C12CCN(Cc1ccc(Oc3ccc(NC(=O)CC(C)C)cc3OC)cc1)CC2. The van der Waals surface area contributed by atoms with Crippen molar-refractivity contribution in [2.45, 2.75) is 89.9 Å². The number of nitrogens with one attached hydrogen (secondary N) is 2. The first kappa shape index (κ1) is 35.6. The van der Waals surface area contributed by atoms with Gasteiger partial charge >= 0.3 is 0 Å². The minimum atomic E-state index is -0.915. The molecule has 0 aromatic heterocycles. The molecular formula is C37H52N4O7. The fourth-order valence-electron chi connectivity index (χ4n) is 7.08. The van der Waals surface area contributed by atoms with E-state index in [-0.39, 0.29) is 29.6 Å². The number of anilines is 1. The van der Waals surface area contributed by atoms with Gasteiger partial charge in [0, 0.05) is 57.6 Å². The Labute approximate surface area is 284 Å². The minimum Gasteiger partial charge on any atom is -0.493 e. The fraction of sp³-hybridized carbons (Fsp3) is 0.595. The second-order valence-electron chi connectivity index (χ2n) is 13.8. The molecule has 0 saturated carbocycles. The van der Waals surface area contributed by atoms with Crippen LogP contribution in [0, 0.1) is 11.8 Å². The average Bonchev–Trinajstić information content (AvgIpc) is 3.08. The van der Waals surface area contributed by atoms with Crippen molar-refractivity contribution in [1.29, 1.82) is 0 Å². The molecule has 1 spiro atoms. The third-order valence-electron chi connectivity index (χ3n) is 9.87. The van der Waals surface area contributed by atoms with Gasteiger partial charge in [0.1, 0.15) is 17.3 Å². The Balaban J connectivity index is 1.18. The van der Waals surface area contributed by atoms with E-state index < -0.39 is 17.7 Å². The Hall–Kier alpha value is -3.67. The monoisotopic (exact) mass is 664 g/mol. The number of carbonyl (C=O) groups excluding carboxylic acids is 3. The van der Waals surface area contributed by atoms with Crippen LogP contribution in [0.5, 0.6) is 17.2 Å². The second kappa shape index (κ2) is 16.2. The molecule has 0 aliphatic carbocycles. The van der Waals surface area contributed by atoms with E-state index in [1.54, 1.807) is 30.2 Å².